The zero-order chi connectivity index (χ0) is 14.8. The van der Waals surface area contributed by atoms with Crippen LogP contribution in [0.4, 0.5) is 0 Å². The Morgan fingerprint density at radius 3 is 2.45 bits per heavy atom. The predicted molar refractivity (Wildman–Crippen MR) is 81.8 cm³/mol. The van der Waals surface area contributed by atoms with E-state index >= 15 is 0 Å². The summed E-state index contributed by atoms with van der Waals surface area (Å²) in [4.78, 5) is 0.0979. The van der Waals surface area contributed by atoms with Crippen molar-refractivity contribution in [1.82, 2.24) is 10.0 Å². The molecule has 4 nitrogen and oxygen atoms in total. The summed E-state index contributed by atoms with van der Waals surface area (Å²) in [7, 11) is -1.83. The maximum absolute atomic E-state index is 12.4. The van der Waals surface area contributed by atoms with E-state index in [0.717, 1.165) is 25.7 Å². The lowest BCUT2D eigenvalue weighted by Gasteiger charge is -2.15. The molecule has 1 aromatic carbocycles. The molecule has 0 radical (unpaired) electrons. The first-order chi connectivity index (χ1) is 9.44. The van der Waals surface area contributed by atoms with Gasteiger partial charge in [0.25, 0.3) is 0 Å². The third kappa shape index (κ3) is 3.65. The van der Waals surface area contributed by atoms with Crippen LogP contribution in [0, 0.1) is 0 Å². The normalized spacial score (nSPS) is 16.8. The third-order valence-electron chi connectivity index (χ3n) is 3.43. The molecule has 0 saturated heterocycles. The van der Waals surface area contributed by atoms with Gasteiger partial charge in [0.2, 0.25) is 10.0 Å². The van der Waals surface area contributed by atoms with Gasteiger partial charge in [-0.25, -0.2) is 13.1 Å². The number of nitrogens with one attached hydrogen (secondary N) is 2. The van der Waals surface area contributed by atoms with Crippen molar-refractivity contribution >= 4 is 33.2 Å². The van der Waals surface area contributed by atoms with E-state index in [4.69, 9.17) is 23.2 Å². The summed E-state index contributed by atoms with van der Waals surface area (Å²) in [5.41, 5.74) is 0.713. The molecule has 1 saturated carbocycles. The quantitative estimate of drug-likeness (QED) is 0.869. The molecule has 0 amide bonds. The number of hydrogen-bond donors (Lipinski definition) is 2. The Morgan fingerprint density at radius 1 is 1.20 bits per heavy atom. The standard InChI is InChI=1S/C13H18Cl2N2O2S/c1-16-8-9-6-13(12(15)7-11(9)14)20(18,19)17-10-4-2-3-5-10/h6-7,10,16-17H,2-5,8H2,1H3. The van der Waals surface area contributed by atoms with Crippen LogP contribution in [0.25, 0.3) is 0 Å². The average molecular weight is 337 g/mol. The molecule has 0 heterocycles. The van der Waals surface area contributed by atoms with Gasteiger partial charge >= 0.3 is 0 Å². The second-order valence-electron chi connectivity index (χ2n) is 5.01. The fraction of sp³-hybridized carbons (Fsp3) is 0.538. The van der Waals surface area contributed by atoms with Gasteiger partial charge in [-0.1, -0.05) is 36.0 Å². The van der Waals surface area contributed by atoms with E-state index in [1.807, 2.05) is 0 Å². The van der Waals surface area contributed by atoms with Crippen LogP contribution in [0.3, 0.4) is 0 Å². The Kier molecular flexibility index (Phi) is 5.31. The molecule has 0 spiro atoms. The van der Waals surface area contributed by atoms with Gasteiger partial charge < -0.3 is 5.32 Å². The summed E-state index contributed by atoms with van der Waals surface area (Å²) in [6.45, 7) is 0.488. The highest BCUT2D eigenvalue weighted by molar-refractivity contribution is 7.89. The molecule has 1 aliphatic carbocycles. The molecule has 2 N–H and O–H groups in total. The molecule has 0 unspecified atom stereocenters. The zero-order valence-electron chi connectivity index (χ0n) is 11.2. The lowest BCUT2D eigenvalue weighted by molar-refractivity contribution is 0.552. The predicted octanol–water partition coefficient (Wildman–Crippen LogP) is 2.93. The smallest absolute Gasteiger partial charge is 0.242 e. The number of halogens is 2. The summed E-state index contributed by atoms with van der Waals surface area (Å²) < 4.78 is 27.6. The summed E-state index contributed by atoms with van der Waals surface area (Å²) >= 11 is 12.1. The van der Waals surface area contributed by atoms with Crippen molar-refractivity contribution in [2.24, 2.45) is 0 Å². The number of rotatable bonds is 5. The zero-order valence-corrected chi connectivity index (χ0v) is 13.6. The van der Waals surface area contributed by atoms with Crippen LogP contribution in [0.2, 0.25) is 10.0 Å². The number of sulfonamides is 1. The van der Waals surface area contributed by atoms with E-state index in [0.29, 0.717) is 17.1 Å². The molecule has 2 rings (SSSR count). The van der Waals surface area contributed by atoms with Gasteiger partial charge in [-0.3, -0.25) is 0 Å². The van der Waals surface area contributed by atoms with E-state index in [2.05, 4.69) is 10.0 Å². The molecule has 7 heteroatoms. The van der Waals surface area contributed by atoms with Crippen molar-refractivity contribution in [2.45, 2.75) is 43.2 Å². The topological polar surface area (TPSA) is 58.2 Å². The summed E-state index contributed by atoms with van der Waals surface area (Å²) in [6, 6.07) is 3.04. The van der Waals surface area contributed by atoms with E-state index in [1.165, 1.54) is 6.07 Å². The van der Waals surface area contributed by atoms with Gasteiger partial charge in [0, 0.05) is 17.6 Å². The van der Waals surface area contributed by atoms with E-state index in [9.17, 15) is 8.42 Å². The van der Waals surface area contributed by atoms with Crippen LogP contribution in [0.5, 0.6) is 0 Å². The van der Waals surface area contributed by atoms with Gasteiger partial charge in [0.1, 0.15) is 4.90 Å². The first-order valence-electron chi connectivity index (χ1n) is 6.59. The molecule has 0 bridgehead atoms. The molecule has 0 aliphatic heterocycles. The van der Waals surface area contributed by atoms with Gasteiger partial charge in [-0.15, -0.1) is 0 Å². The highest BCUT2D eigenvalue weighted by Crippen LogP contribution is 2.29. The second kappa shape index (κ2) is 6.62. The lowest BCUT2D eigenvalue weighted by atomic mass is 10.2. The van der Waals surface area contributed by atoms with Gasteiger partial charge in [0.05, 0.1) is 5.02 Å². The largest absolute Gasteiger partial charge is 0.316 e. The first-order valence-corrected chi connectivity index (χ1v) is 8.83. The van der Waals surface area contributed by atoms with Crippen LogP contribution < -0.4 is 10.0 Å². The second-order valence-corrected chi connectivity index (χ2v) is 7.50. The molecule has 1 aliphatic rings. The molecular formula is C13H18Cl2N2O2S. The SMILES string of the molecule is CNCc1cc(S(=O)(=O)NC2CCCC2)c(Cl)cc1Cl. The summed E-state index contributed by atoms with van der Waals surface area (Å²) in [5, 5.41) is 3.57. The van der Waals surface area contributed by atoms with Crippen LogP contribution in [0.15, 0.2) is 17.0 Å². The fourth-order valence-corrected chi connectivity index (χ4v) is 4.60. The molecule has 1 fully saturated rings. The molecule has 0 aromatic heterocycles. The van der Waals surface area contributed by atoms with Crippen LogP contribution in [0.1, 0.15) is 31.2 Å². The van der Waals surface area contributed by atoms with Crippen LogP contribution >= 0.6 is 23.2 Å². The van der Waals surface area contributed by atoms with Gasteiger partial charge in [-0.2, -0.15) is 0 Å². The van der Waals surface area contributed by atoms with Crippen LogP contribution in [-0.4, -0.2) is 21.5 Å². The van der Waals surface area contributed by atoms with Gasteiger partial charge in [-0.05, 0) is 37.6 Å². The van der Waals surface area contributed by atoms with Crippen molar-refractivity contribution in [1.29, 1.82) is 0 Å². The van der Waals surface area contributed by atoms with Crippen molar-refractivity contribution in [2.75, 3.05) is 7.05 Å². The Morgan fingerprint density at radius 2 is 1.85 bits per heavy atom. The number of benzene rings is 1. The minimum absolute atomic E-state index is 0.0134. The highest BCUT2D eigenvalue weighted by atomic mass is 35.5. The molecular weight excluding hydrogens is 319 g/mol. The maximum Gasteiger partial charge on any atom is 0.242 e. The minimum atomic E-state index is -3.60. The van der Waals surface area contributed by atoms with Crippen LogP contribution in [-0.2, 0) is 16.6 Å². The van der Waals surface area contributed by atoms with Crippen molar-refractivity contribution in [3.63, 3.8) is 0 Å². The lowest BCUT2D eigenvalue weighted by Crippen LogP contribution is -2.32. The number of hydrogen-bond acceptors (Lipinski definition) is 3. The Hall–Kier alpha value is -0.330. The Bertz CT molecular complexity index is 584. The first kappa shape index (κ1) is 16.0. The van der Waals surface area contributed by atoms with E-state index < -0.39 is 10.0 Å². The van der Waals surface area contributed by atoms with Gasteiger partial charge in [0.15, 0.2) is 0 Å². The third-order valence-corrected chi connectivity index (χ3v) is 5.77. The molecule has 20 heavy (non-hydrogen) atoms. The molecule has 112 valence electrons. The summed E-state index contributed by atoms with van der Waals surface area (Å²) in [5.74, 6) is 0. The Balaban J connectivity index is 2.32. The molecule has 0 atom stereocenters. The average Bonchev–Trinajstić information content (AvgIpc) is 2.84. The fourth-order valence-electron chi connectivity index (χ4n) is 2.43. The van der Waals surface area contributed by atoms with E-state index in [-0.39, 0.29) is 16.0 Å². The van der Waals surface area contributed by atoms with E-state index in [1.54, 1.807) is 13.1 Å². The highest BCUT2D eigenvalue weighted by Gasteiger charge is 2.25. The Labute approximate surface area is 129 Å². The van der Waals surface area contributed by atoms with Crippen molar-refractivity contribution in [3.8, 4) is 0 Å². The molecule has 1 aromatic rings. The minimum Gasteiger partial charge on any atom is -0.316 e. The maximum atomic E-state index is 12.4. The van der Waals surface area contributed by atoms with Crippen molar-refractivity contribution < 1.29 is 8.42 Å². The van der Waals surface area contributed by atoms with Crippen molar-refractivity contribution in [3.05, 3.63) is 27.7 Å². The summed E-state index contributed by atoms with van der Waals surface area (Å²) in [6.07, 6.45) is 3.89. The monoisotopic (exact) mass is 336 g/mol.